The van der Waals surface area contributed by atoms with Crippen molar-refractivity contribution in [2.45, 2.75) is 45.6 Å². The molecule has 1 atom stereocenters. The van der Waals surface area contributed by atoms with Crippen LogP contribution in [0.15, 0.2) is 30.3 Å². The highest BCUT2D eigenvalue weighted by Crippen LogP contribution is 2.29. The molecular weight excluding hydrogens is 404 g/mol. The Hall–Kier alpha value is -2.57. The second-order valence-electron chi connectivity index (χ2n) is 10.3. The fourth-order valence-electron chi connectivity index (χ4n) is 5.21. The summed E-state index contributed by atoms with van der Waals surface area (Å²) >= 11 is 0. The van der Waals surface area contributed by atoms with Gasteiger partial charge in [-0.05, 0) is 45.7 Å². The highest BCUT2D eigenvalue weighted by Gasteiger charge is 2.42. The molecule has 7 nitrogen and oxygen atoms in total. The van der Waals surface area contributed by atoms with Crippen molar-refractivity contribution in [3.8, 4) is 0 Å². The molecule has 0 bridgehead atoms. The number of piperidine rings is 1. The molecule has 0 aliphatic carbocycles. The molecule has 3 amide bonds. The molecular formula is C25H36N4O3. The second-order valence-corrected chi connectivity index (χ2v) is 10.3. The van der Waals surface area contributed by atoms with E-state index in [0.29, 0.717) is 38.9 Å². The van der Waals surface area contributed by atoms with Gasteiger partial charge in [0.1, 0.15) is 0 Å². The van der Waals surface area contributed by atoms with E-state index < -0.39 is 0 Å². The Labute approximate surface area is 191 Å². The lowest BCUT2D eigenvalue weighted by atomic mass is 9.93. The predicted octanol–water partition coefficient (Wildman–Crippen LogP) is 2.22. The van der Waals surface area contributed by atoms with Crippen molar-refractivity contribution >= 4 is 23.4 Å². The number of hydrogen-bond donors (Lipinski definition) is 0. The summed E-state index contributed by atoms with van der Waals surface area (Å²) in [6, 6.07) is 10.3. The van der Waals surface area contributed by atoms with Crippen molar-refractivity contribution in [3.05, 3.63) is 30.3 Å². The molecule has 174 valence electrons. The number of benzene rings is 1. The lowest BCUT2D eigenvalue weighted by Gasteiger charge is -2.39. The van der Waals surface area contributed by atoms with E-state index in [1.165, 1.54) is 5.69 Å². The van der Waals surface area contributed by atoms with E-state index in [-0.39, 0.29) is 35.1 Å². The third-order valence-corrected chi connectivity index (χ3v) is 7.15. The van der Waals surface area contributed by atoms with Crippen LogP contribution in [0.5, 0.6) is 0 Å². The smallest absolute Gasteiger partial charge is 0.227 e. The van der Waals surface area contributed by atoms with E-state index in [2.05, 4.69) is 17.0 Å². The molecule has 3 aliphatic heterocycles. The van der Waals surface area contributed by atoms with E-state index in [0.717, 1.165) is 26.2 Å². The van der Waals surface area contributed by atoms with Gasteiger partial charge < -0.3 is 19.6 Å². The molecule has 3 aliphatic rings. The fourth-order valence-corrected chi connectivity index (χ4v) is 5.21. The predicted molar refractivity (Wildman–Crippen MR) is 124 cm³/mol. The van der Waals surface area contributed by atoms with Crippen molar-refractivity contribution in [3.63, 3.8) is 0 Å². The Morgan fingerprint density at radius 2 is 1.38 bits per heavy atom. The molecule has 4 rings (SSSR count). The first kappa shape index (κ1) is 22.6. The molecule has 3 saturated heterocycles. The lowest BCUT2D eigenvalue weighted by molar-refractivity contribution is -0.142. The van der Waals surface area contributed by atoms with Crippen LogP contribution >= 0.6 is 0 Å². The van der Waals surface area contributed by atoms with Crippen molar-refractivity contribution in [2.75, 3.05) is 50.7 Å². The number of likely N-dealkylation sites (tertiary alicyclic amines) is 2. The minimum Gasteiger partial charge on any atom is -0.368 e. The first-order valence-electron chi connectivity index (χ1n) is 11.9. The zero-order valence-electron chi connectivity index (χ0n) is 19.6. The summed E-state index contributed by atoms with van der Waals surface area (Å²) in [6.07, 6.45) is 1.74. The summed E-state index contributed by atoms with van der Waals surface area (Å²) in [5.74, 6) is 0.126. The zero-order chi connectivity index (χ0) is 22.9. The fraction of sp³-hybridized carbons (Fsp3) is 0.640. The van der Waals surface area contributed by atoms with Crippen LogP contribution < -0.4 is 4.90 Å². The van der Waals surface area contributed by atoms with Gasteiger partial charge in [0.15, 0.2) is 0 Å². The van der Waals surface area contributed by atoms with E-state index in [9.17, 15) is 14.4 Å². The summed E-state index contributed by atoms with van der Waals surface area (Å²) in [5, 5.41) is 0. The minimum absolute atomic E-state index is 0.00129. The molecule has 3 fully saturated rings. The van der Waals surface area contributed by atoms with E-state index in [1.54, 1.807) is 0 Å². The van der Waals surface area contributed by atoms with Gasteiger partial charge >= 0.3 is 0 Å². The van der Waals surface area contributed by atoms with Gasteiger partial charge in [-0.3, -0.25) is 14.4 Å². The SMILES string of the molecule is CC(C)(C)N1CC(C(=O)N2CCC(C(=O)N3CCN(c4ccccc4)CC3)CC2)CC1=O. The van der Waals surface area contributed by atoms with Crippen LogP contribution in [-0.4, -0.2) is 83.8 Å². The number of piperazine rings is 1. The minimum atomic E-state index is -0.254. The number of carbonyl (C=O) groups excluding carboxylic acids is 3. The Balaban J connectivity index is 1.25. The highest BCUT2D eigenvalue weighted by atomic mass is 16.2. The topological polar surface area (TPSA) is 64.2 Å². The maximum Gasteiger partial charge on any atom is 0.227 e. The number of carbonyl (C=O) groups is 3. The largest absolute Gasteiger partial charge is 0.368 e. The van der Waals surface area contributed by atoms with Gasteiger partial charge in [-0.2, -0.15) is 0 Å². The van der Waals surface area contributed by atoms with Crippen molar-refractivity contribution < 1.29 is 14.4 Å². The van der Waals surface area contributed by atoms with Crippen molar-refractivity contribution in [2.24, 2.45) is 11.8 Å². The average molecular weight is 441 g/mol. The van der Waals surface area contributed by atoms with E-state index >= 15 is 0 Å². The molecule has 0 radical (unpaired) electrons. The van der Waals surface area contributed by atoms with Crippen molar-refractivity contribution in [1.82, 2.24) is 14.7 Å². The van der Waals surface area contributed by atoms with E-state index in [1.807, 2.05) is 53.7 Å². The molecule has 32 heavy (non-hydrogen) atoms. The lowest BCUT2D eigenvalue weighted by Crippen LogP contribution is -2.52. The Bertz CT molecular complexity index is 834. The Kier molecular flexibility index (Phi) is 6.45. The molecule has 0 saturated carbocycles. The number of nitrogens with zero attached hydrogens (tertiary/aromatic N) is 4. The summed E-state index contributed by atoms with van der Waals surface area (Å²) in [6.45, 7) is 11.0. The van der Waals surface area contributed by atoms with Gasteiger partial charge in [0.2, 0.25) is 17.7 Å². The third-order valence-electron chi connectivity index (χ3n) is 7.15. The third kappa shape index (κ3) is 4.76. The van der Waals surface area contributed by atoms with E-state index in [4.69, 9.17) is 0 Å². The molecule has 3 heterocycles. The molecule has 7 heteroatoms. The molecule has 0 spiro atoms. The van der Waals surface area contributed by atoms with Crippen LogP contribution in [0.25, 0.3) is 0 Å². The van der Waals surface area contributed by atoms with Crippen molar-refractivity contribution in [1.29, 1.82) is 0 Å². The maximum atomic E-state index is 13.1. The second kappa shape index (κ2) is 9.12. The molecule has 0 aromatic heterocycles. The monoisotopic (exact) mass is 440 g/mol. The van der Waals surface area contributed by atoms with Crippen LogP contribution in [0.1, 0.15) is 40.0 Å². The molecule has 1 unspecified atom stereocenters. The molecule has 0 N–H and O–H groups in total. The first-order valence-corrected chi connectivity index (χ1v) is 11.9. The molecule has 1 aromatic carbocycles. The number of rotatable bonds is 3. The number of para-hydroxylation sites is 1. The van der Waals surface area contributed by atoms with Gasteiger partial charge in [0.25, 0.3) is 0 Å². The quantitative estimate of drug-likeness (QED) is 0.723. The number of amides is 3. The van der Waals surface area contributed by atoms with Crippen LogP contribution in [0, 0.1) is 11.8 Å². The molecule has 1 aromatic rings. The normalized spacial score (nSPS) is 23.1. The number of hydrogen-bond acceptors (Lipinski definition) is 4. The number of anilines is 1. The Morgan fingerprint density at radius 3 is 1.94 bits per heavy atom. The van der Waals surface area contributed by atoms with Gasteiger partial charge in [-0.25, -0.2) is 0 Å². The van der Waals surface area contributed by atoms with Crippen LogP contribution in [0.4, 0.5) is 5.69 Å². The maximum absolute atomic E-state index is 13.1. The van der Waals surface area contributed by atoms with Crippen LogP contribution in [0.2, 0.25) is 0 Å². The van der Waals surface area contributed by atoms with Gasteiger partial charge in [0, 0.05) is 69.4 Å². The van der Waals surface area contributed by atoms with Gasteiger partial charge in [-0.1, -0.05) is 18.2 Å². The summed E-state index contributed by atoms with van der Waals surface area (Å²) in [7, 11) is 0. The first-order chi connectivity index (χ1) is 15.2. The van der Waals surface area contributed by atoms with Crippen LogP contribution in [0.3, 0.4) is 0 Å². The van der Waals surface area contributed by atoms with Gasteiger partial charge in [-0.15, -0.1) is 0 Å². The summed E-state index contributed by atoms with van der Waals surface area (Å²) in [4.78, 5) is 46.5. The summed E-state index contributed by atoms with van der Waals surface area (Å²) < 4.78 is 0. The average Bonchev–Trinajstić information content (AvgIpc) is 3.21. The highest BCUT2D eigenvalue weighted by molar-refractivity contribution is 5.90. The van der Waals surface area contributed by atoms with Gasteiger partial charge in [0.05, 0.1) is 5.92 Å². The van der Waals surface area contributed by atoms with Crippen LogP contribution in [-0.2, 0) is 14.4 Å². The zero-order valence-corrected chi connectivity index (χ0v) is 19.6. The summed E-state index contributed by atoms with van der Waals surface area (Å²) in [5.41, 5.74) is 0.956. The standard InChI is InChI=1S/C25H36N4O3/c1-25(2,3)29-18-20(17-22(29)30)24(32)27-11-9-19(10-12-27)23(31)28-15-13-26(14-16-28)21-7-5-4-6-8-21/h4-8,19-20H,9-18H2,1-3H3. The Morgan fingerprint density at radius 1 is 0.812 bits per heavy atom.